The molecular formula is C30H30N5O4+. The van der Waals surface area contributed by atoms with Gasteiger partial charge in [-0.3, -0.25) is 14.0 Å². The molecule has 0 aliphatic carbocycles. The van der Waals surface area contributed by atoms with Gasteiger partial charge < -0.3 is 20.5 Å². The van der Waals surface area contributed by atoms with Gasteiger partial charge in [0.15, 0.2) is 11.5 Å². The van der Waals surface area contributed by atoms with E-state index in [2.05, 4.69) is 5.32 Å². The van der Waals surface area contributed by atoms with Crippen LogP contribution in [-0.4, -0.2) is 36.1 Å². The lowest BCUT2D eigenvalue weighted by Gasteiger charge is -2.13. The molecule has 5 rings (SSSR count). The van der Waals surface area contributed by atoms with E-state index in [-0.39, 0.29) is 22.8 Å². The van der Waals surface area contributed by atoms with E-state index in [0.29, 0.717) is 47.7 Å². The zero-order valence-corrected chi connectivity index (χ0v) is 22.1. The Morgan fingerprint density at radius 3 is 2.51 bits per heavy atom. The maximum atomic E-state index is 13.6. The van der Waals surface area contributed by atoms with Crippen LogP contribution >= 0.6 is 0 Å². The van der Waals surface area contributed by atoms with Crippen molar-refractivity contribution in [3.8, 4) is 11.5 Å². The van der Waals surface area contributed by atoms with E-state index in [4.69, 9.17) is 20.2 Å². The number of nitrogens with one attached hydrogen (secondary N) is 1. The number of aryl methyl sites for hydroxylation is 1. The van der Waals surface area contributed by atoms with Crippen molar-refractivity contribution in [3.05, 3.63) is 106 Å². The smallest absolute Gasteiger partial charge is 0.278 e. The summed E-state index contributed by atoms with van der Waals surface area (Å²) in [7, 11) is 3.17. The van der Waals surface area contributed by atoms with E-state index in [1.54, 1.807) is 37.1 Å². The standard InChI is InChI=1S/C30H29N5O4/c1-19-8-7-15-34-27(19)33-28-23(30(34)37)17-22(26(31)35(28)18-21-9-5-4-6-10-21)29(36)32-14-13-20-11-12-24(38-2)25(16-20)39-3/h4-12,15-17,31H,13-14,18H2,1-3H3,(H,32,36)/p+1. The summed E-state index contributed by atoms with van der Waals surface area (Å²) in [5.74, 6) is 1.13. The van der Waals surface area contributed by atoms with Crippen LogP contribution in [0.1, 0.15) is 27.0 Å². The van der Waals surface area contributed by atoms with E-state index >= 15 is 0 Å². The van der Waals surface area contributed by atoms with Crippen LogP contribution in [0.25, 0.3) is 16.7 Å². The van der Waals surface area contributed by atoms with Crippen molar-refractivity contribution in [2.75, 3.05) is 26.5 Å². The number of nitrogens with zero attached hydrogens (tertiary/aromatic N) is 3. The number of pyridine rings is 2. The second kappa shape index (κ2) is 10.8. The Hall–Kier alpha value is -4.92. The topological polar surface area (TPSA) is 112 Å². The first kappa shape index (κ1) is 25.7. The number of fused-ring (bicyclic) bond motifs is 2. The molecule has 39 heavy (non-hydrogen) atoms. The lowest BCUT2D eigenvalue weighted by Crippen LogP contribution is -2.43. The number of hydrogen-bond acceptors (Lipinski definition) is 6. The van der Waals surface area contributed by atoms with Gasteiger partial charge in [0.2, 0.25) is 11.5 Å². The van der Waals surface area contributed by atoms with Crippen LogP contribution in [0.15, 0.2) is 77.7 Å². The summed E-state index contributed by atoms with van der Waals surface area (Å²) >= 11 is 0. The average molecular weight is 525 g/mol. The highest BCUT2D eigenvalue weighted by molar-refractivity contribution is 6.00. The summed E-state index contributed by atoms with van der Waals surface area (Å²) in [6.07, 6.45) is 2.25. The number of carbonyl (C=O) groups excluding carboxylic acids is 1. The van der Waals surface area contributed by atoms with Crippen molar-refractivity contribution in [3.63, 3.8) is 0 Å². The molecule has 198 valence electrons. The first-order valence-corrected chi connectivity index (χ1v) is 12.6. The van der Waals surface area contributed by atoms with E-state index in [9.17, 15) is 9.59 Å². The molecule has 0 bridgehead atoms. The molecule has 1 amide bonds. The molecular weight excluding hydrogens is 494 g/mol. The zero-order valence-electron chi connectivity index (χ0n) is 22.1. The maximum Gasteiger partial charge on any atom is 0.278 e. The van der Waals surface area contributed by atoms with Crippen molar-refractivity contribution in [1.29, 1.82) is 0 Å². The van der Waals surface area contributed by atoms with Crippen molar-refractivity contribution in [2.24, 2.45) is 0 Å². The number of benzene rings is 2. The number of carbonyl (C=O) groups is 1. The lowest BCUT2D eigenvalue weighted by molar-refractivity contribution is -0.649. The van der Waals surface area contributed by atoms with Gasteiger partial charge in [-0.05, 0) is 48.7 Å². The number of anilines is 1. The second-order valence-electron chi connectivity index (χ2n) is 9.25. The largest absolute Gasteiger partial charge is 0.493 e. The molecule has 0 spiro atoms. The number of ether oxygens (including phenoxy) is 2. The Morgan fingerprint density at radius 2 is 1.77 bits per heavy atom. The van der Waals surface area contributed by atoms with E-state index in [1.807, 2.05) is 61.5 Å². The van der Waals surface area contributed by atoms with Crippen LogP contribution in [0.4, 0.5) is 5.82 Å². The molecule has 3 aromatic heterocycles. The summed E-state index contributed by atoms with van der Waals surface area (Å²) < 4.78 is 13.9. The fourth-order valence-electron chi connectivity index (χ4n) is 4.67. The van der Waals surface area contributed by atoms with E-state index in [1.165, 1.54) is 4.40 Å². The van der Waals surface area contributed by atoms with Crippen LogP contribution < -0.4 is 30.7 Å². The van der Waals surface area contributed by atoms with Crippen LogP contribution in [0.2, 0.25) is 0 Å². The van der Waals surface area contributed by atoms with E-state index < -0.39 is 0 Å². The Bertz CT molecular complexity index is 1750. The minimum Gasteiger partial charge on any atom is -0.493 e. The van der Waals surface area contributed by atoms with Gasteiger partial charge in [-0.2, -0.15) is 0 Å². The first-order chi connectivity index (χ1) is 18.9. The van der Waals surface area contributed by atoms with Crippen LogP contribution in [0.5, 0.6) is 11.5 Å². The predicted molar refractivity (Wildman–Crippen MR) is 149 cm³/mol. The Morgan fingerprint density at radius 1 is 1.00 bits per heavy atom. The van der Waals surface area contributed by atoms with Crippen LogP contribution in [0, 0.1) is 6.92 Å². The zero-order chi connectivity index (χ0) is 27.5. The van der Waals surface area contributed by atoms with Crippen molar-refractivity contribution in [1.82, 2.24) is 14.7 Å². The summed E-state index contributed by atoms with van der Waals surface area (Å²) in [5, 5.41) is 3.26. The molecule has 3 N–H and O–H groups in total. The number of hydrogen-bond donors (Lipinski definition) is 2. The maximum absolute atomic E-state index is 13.6. The van der Waals surface area contributed by atoms with Crippen molar-refractivity contribution >= 4 is 28.4 Å². The number of nitrogen functional groups attached to an aromatic ring is 1. The predicted octanol–water partition coefficient (Wildman–Crippen LogP) is 3.06. The lowest BCUT2D eigenvalue weighted by atomic mass is 10.1. The molecule has 0 saturated carbocycles. The average Bonchev–Trinajstić information content (AvgIpc) is 2.95. The Labute approximate surface area is 225 Å². The molecule has 0 fully saturated rings. The minimum absolute atomic E-state index is 0.220. The van der Waals surface area contributed by atoms with Gasteiger partial charge in [0.1, 0.15) is 10.9 Å². The molecule has 9 nitrogen and oxygen atoms in total. The fourth-order valence-corrected chi connectivity index (χ4v) is 4.67. The summed E-state index contributed by atoms with van der Waals surface area (Å²) in [6.45, 7) is 2.61. The second-order valence-corrected chi connectivity index (χ2v) is 9.25. The molecule has 0 unspecified atom stereocenters. The monoisotopic (exact) mass is 524 g/mol. The molecule has 0 aliphatic rings. The Kier molecular flexibility index (Phi) is 7.14. The third-order valence-corrected chi connectivity index (χ3v) is 6.75. The molecule has 9 heteroatoms. The van der Waals surface area contributed by atoms with Gasteiger partial charge in [-0.25, -0.2) is 4.57 Å². The molecule has 2 aromatic carbocycles. The highest BCUT2D eigenvalue weighted by Crippen LogP contribution is 2.27. The summed E-state index contributed by atoms with van der Waals surface area (Å²) in [5.41, 5.74) is 10.3. The molecule has 0 radical (unpaired) electrons. The molecule has 3 heterocycles. The van der Waals surface area contributed by atoms with Gasteiger partial charge in [0.25, 0.3) is 17.1 Å². The summed E-state index contributed by atoms with van der Waals surface area (Å²) in [4.78, 5) is 31.8. The number of rotatable bonds is 8. The van der Waals surface area contributed by atoms with E-state index in [0.717, 1.165) is 16.7 Å². The first-order valence-electron chi connectivity index (χ1n) is 12.6. The molecule has 5 aromatic rings. The SMILES string of the molecule is COc1ccc(CCNC(=O)c2cc3c(=O)n4cccc(C)c4nc3[n+](Cc3ccccc3)c2N)cc1OC. The number of aromatic nitrogens is 3. The minimum atomic E-state index is -0.370. The van der Waals surface area contributed by atoms with Gasteiger partial charge in [-0.15, -0.1) is 0 Å². The third kappa shape index (κ3) is 4.98. The number of amides is 1. The highest BCUT2D eigenvalue weighted by Gasteiger charge is 2.25. The van der Waals surface area contributed by atoms with Gasteiger partial charge in [-0.1, -0.05) is 47.4 Å². The normalized spacial score (nSPS) is 11.1. The fraction of sp³-hybridized carbons (Fsp3) is 0.200. The third-order valence-electron chi connectivity index (χ3n) is 6.75. The summed E-state index contributed by atoms with van der Waals surface area (Å²) in [6, 6.07) is 20.6. The molecule has 0 atom stereocenters. The quantitative estimate of drug-likeness (QED) is 0.238. The van der Waals surface area contributed by atoms with Crippen molar-refractivity contribution < 1.29 is 18.8 Å². The van der Waals surface area contributed by atoms with Gasteiger partial charge in [0.05, 0.1) is 20.8 Å². The van der Waals surface area contributed by atoms with Crippen molar-refractivity contribution in [2.45, 2.75) is 19.9 Å². The molecule has 0 aliphatic heterocycles. The Balaban J connectivity index is 1.53. The number of methoxy groups -OCH3 is 2. The van der Waals surface area contributed by atoms with Crippen LogP contribution in [-0.2, 0) is 13.0 Å². The van der Waals surface area contributed by atoms with Gasteiger partial charge >= 0.3 is 0 Å². The van der Waals surface area contributed by atoms with Gasteiger partial charge in [0, 0.05) is 18.3 Å². The van der Waals surface area contributed by atoms with Crippen LogP contribution in [0.3, 0.4) is 0 Å². The number of nitrogens with two attached hydrogens (primary N) is 1. The highest BCUT2D eigenvalue weighted by atomic mass is 16.5. The molecule has 0 saturated heterocycles.